The zero-order valence-corrected chi connectivity index (χ0v) is 22.6. The van der Waals surface area contributed by atoms with E-state index >= 15 is 8.78 Å². The van der Waals surface area contributed by atoms with Crippen molar-refractivity contribution in [3.05, 3.63) is 65.7 Å². The van der Waals surface area contributed by atoms with Gasteiger partial charge in [-0.25, -0.2) is 13.6 Å². The molecule has 0 fully saturated rings. The van der Waals surface area contributed by atoms with Crippen LogP contribution in [-0.4, -0.2) is 32.4 Å². The van der Waals surface area contributed by atoms with Crippen LogP contribution in [0.15, 0.2) is 48.6 Å². The van der Waals surface area contributed by atoms with Gasteiger partial charge in [-0.2, -0.15) is 0 Å². The van der Waals surface area contributed by atoms with Crippen molar-refractivity contribution in [2.75, 3.05) is 13.2 Å². The van der Waals surface area contributed by atoms with E-state index in [2.05, 4.69) is 13.5 Å². The molecule has 1 N–H and O–H groups in total. The first kappa shape index (κ1) is 28.9. The van der Waals surface area contributed by atoms with Crippen LogP contribution in [0.3, 0.4) is 0 Å². The number of carbonyl (C=O) groups excluding carboxylic acids is 1. The molecule has 0 aliphatic heterocycles. The highest BCUT2D eigenvalue weighted by Crippen LogP contribution is 2.27. The van der Waals surface area contributed by atoms with Gasteiger partial charge in [-0.15, -0.1) is 0 Å². The molecule has 0 heterocycles. The monoisotopic (exact) mass is 502 g/mol. The Morgan fingerprint density at radius 3 is 2.34 bits per heavy atom. The van der Waals surface area contributed by atoms with Crippen LogP contribution in [0, 0.1) is 17.6 Å². The predicted molar refractivity (Wildman–Crippen MR) is 143 cm³/mol. The molecule has 3 nitrogen and oxygen atoms in total. The summed E-state index contributed by atoms with van der Waals surface area (Å²) < 4.78 is 35.5. The molecule has 2 aromatic rings. The Morgan fingerprint density at radius 2 is 1.74 bits per heavy atom. The second-order valence-corrected chi connectivity index (χ2v) is 15.0. The Bertz CT molecular complexity index is 986. The number of rotatable bonds is 14. The molecule has 0 aliphatic rings. The number of aliphatic hydroxyl groups excluding tert-OH is 1. The van der Waals surface area contributed by atoms with Gasteiger partial charge in [-0.3, -0.25) is 0 Å². The molecule has 2 aromatic carbocycles. The number of hydrogen-bond donors (Lipinski definition) is 1. The lowest BCUT2D eigenvalue weighted by molar-refractivity contribution is -0.140. The molecule has 0 saturated carbocycles. The van der Waals surface area contributed by atoms with Gasteiger partial charge in [0, 0.05) is 23.7 Å². The SMILES string of the molecule is C=C(C)C(=O)OCC(CO)CCC[Si](C)(C)c1ccc(-c2ccc(CCCCC)cc2)c(F)c1F. The number of aliphatic hydroxyl groups is 1. The molecular formula is C29H40F2O3Si. The average Bonchev–Trinajstić information content (AvgIpc) is 2.83. The summed E-state index contributed by atoms with van der Waals surface area (Å²) in [5.41, 5.74) is 2.50. The lowest BCUT2D eigenvalue weighted by atomic mass is 10.0. The molecule has 0 amide bonds. The summed E-state index contributed by atoms with van der Waals surface area (Å²) in [5, 5.41) is 10.1. The van der Waals surface area contributed by atoms with Gasteiger partial charge >= 0.3 is 5.97 Å². The standard InChI is InChI=1S/C29H40F2O3Si/c1-6-7-8-10-22-12-14-24(15-13-22)25-16-17-26(28(31)27(25)30)35(4,5)18-9-11-23(19-32)20-34-29(33)21(2)3/h12-17,23,32H,2,6-11,18-20H2,1,3-5H3. The minimum absolute atomic E-state index is 0.0967. The third-order valence-electron chi connectivity index (χ3n) is 6.62. The maximum atomic E-state index is 15.2. The van der Waals surface area contributed by atoms with Gasteiger partial charge in [0.05, 0.1) is 14.7 Å². The number of ether oxygens (including phenoxy) is 1. The number of esters is 1. The minimum atomic E-state index is -2.27. The van der Waals surface area contributed by atoms with Crippen LogP contribution < -0.4 is 5.19 Å². The fourth-order valence-corrected chi connectivity index (χ4v) is 6.83. The molecule has 0 aromatic heterocycles. The molecule has 0 aliphatic carbocycles. The van der Waals surface area contributed by atoms with Gasteiger partial charge in [-0.05, 0) is 42.5 Å². The number of hydrogen-bond acceptors (Lipinski definition) is 3. The van der Waals surface area contributed by atoms with Crippen molar-refractivity contribution in [2.24, 2.45) is 5.92 Å². The van der Waals surface area contributed by atoms with Crippen molar-refractivity contribution < 1.29 is 23.4 Å². The largest absolute Gasteiger partial charge is 0.462 e. The van der Waals surface area contributed by atoms with Crippen molar-refractivity contribution in [2.45, 2.75) is 71.5 Å². The van der Waals surface area contributed by atoms with E-state index in [0.29, 0.717) is 22.7 Å². The first-order chi connectivity index (χ1) is 16.6. The van der Waals surface area contributed by atoms with Crippen LogP contribution in [0.1, 0.15) is 51.5 Å². The first-order valence-electron chi connectivity index (χ1n) is 12.6. The van der Waals surface area contributed by atoms with Crippen molar-refractivity contribution in [1.82, 2.24) is 0 Å². The molecule has 0 radical (unpaired) electrons. The number of carbonyl (C=O) groups is 1. The highest BCUT2D eigenvalue weighted by atomic mass is 28.3. The van der Waals surface area contributed by atoms with E-state index in [1.54, 1.807) is 19.1 Å². The van der Waals surface area contributed by atoms with Gasteiger partial charge in [0.2, 0.25) is 0 Å². The predicted octanol–water partition coefficient (Wildman–Crippen LogP) is 6.79. The minimum Gasteiger partial charge on any atom is -0.462 e. The Balaban J connectivity index is 2.04. The number of halogens is 2. The molecule has 1 atom stereocenters. The number of unbranched alkanes of at least 4 members (excludes halogenated alkanes) is 2. The molecular weight excluding hydrogens is 462 g/mol. The molecule has 1 unspecified atom stereocenters. The van der Waals surface area contributed by atoms with Crippen LogP contribution in [0.2, 0.25) is 19.1 Å². The third kappa shape index (κ3) is 8.39. The second-order valence-electron chi connectivity index (χ2n) is 10.1. The highest BCUT2D eigenvalue weighted by molar-refractivity contribution is 6.89. The van der Waals surface area contributed by atoms with E-state index in [0.717, 1.165) is 25.3 Å². The van der Waals surface area contributed by atoms with Crippen LogP contribution in [-0.2, 0) is 16.0 Å². The first-order valence-corrected chi connectivity index (χ1v) is 15.8. The van der Waals surface area contributed by atoms with Crippen LogP contribution in [0.4, 0.5) is 8.78 Å². The summed E-state index contributed by atoms with van der Waals surface area (Å²) in [6.07, 6.45) is 5.86. The summed E-state index contributed by atoms with van der Waals surface area (Å²) in [4.78, 5) is 11.6. The smallest absolute Gasteiger partial charge is 0.333 e. The van der Waals surface area contributed by atoms with Crippen LogP contribution in [0.25, 0.3) is 11.1 Å². The Morgan fingerprint density at radius 1 is 1.06 bits per heavy atom. The highest BCUT2D eigenvalue weighted by Gasteiger charge is 2.29. The molecule has 0 saturated heterocycles. The zero-order chi connectivity index (χ0) is 26.0. The quantitative estimate of drug-likeness (QED) is 0.134. The summed E-state index contributed by atoms with van der Waals surface area (Å²) in [6.45, 7) is 11.4. The maximum Gasteiger partial charge on any atom is 0.333 e. The summed E-state index contributed by atoms with van der Waals surface area (Å²) in [6, 6.07) is 11.9. The topological polar surface area (TPSA) is 46.5 Å². The van der Waals surface area contributed by atoms with Gasteiger partial charge in [-0.1, -0.05) is 88.3 Å². The normalized spacial score (nSPS) is 12.4. The molecule has 192 valence electrons. The Kier molecular flexibility index (Phi) is 11.3. The van der Waals surface area contributed by atoms with Gasteiger partial charge in [0.15, 0.2) is 11.6 Å². The fraction of sp³-hybridized carbons (Fsp3) is 0.483. The second kappa shape index (κ2) is 13.7. The van der Waals surface area contributed by atoms with Gasteiger partial charge in [0.25, 0.3) is 0 Å². The lowest BCUT2D eigenvalue weighted by Crippen LogP contribution is -2.44. The summed E-state index contributed by atoms with van der Waals surface area (Å²) in [5.74, 6) is -2.19. The Labute approximate surface area is 210 Å². The molecule has 2 rings (SSSR count). The van der Waals surface area contributed by atoms with Gasteiger partial charge in [0.1, 0.15) is 0 Å². The number of benzene rings is 2. The Hall–Kier alpha value is -2.31. The van der Waals surface area contributed by atoms with Crippen molar-refractivity contribution >= 4 is 19.2 Å². The van der Waals surface area contributed by atoms with Crippen LogP contribution >= 0.6 is 0 Å². The van der Waals surface area contributed by atoms with E-state index in [4.69, 9.17) is 4.74 Å². The zero-order valence-electron chi connectivity index (χ0n) is 21.6. The van der Waals surface area contributed by atoms with Crippen LogP contribution in [0.5, 0.6) is 0 Å². The molecule has 35 heavy (non-hydrogen) atoms. The van der Waals surface area contributed by atoms with E-state index in [-0.39, 0.29) is 24.7 Å². The number of aryl methyl sites for hydroxylation is 1. The van der Waals surface area contributed by atoms with Crippen molar-refractivity contribution in [3.63, 3.8) is 0 Å². The lowest BCUT2D eigenvalue weighted by Gasteiger charge is -2.25. The summed E-state index contributed by atoms with van der Waals surface area (Å²) in [7, 11) is -2.27. The maximum absolute atomic E-state index is 15.2. The van der Waals surface area contributed by atoms with Crippen molar-refractivity contribution in [3.8, 4) is 11.1 Å². The average molecular weight is 503 g/mol. The fourth-order valence-electron chi connectivity index (χ4n) is 4.24. The van der Waals surface area contributed by atoms with E-state index < -0.39 is 25.7 Å². The van der Waals surface area contributed by atoms with E-state index in [1.807, 2.05) is 37.4 Å². The summed E-state index contributed by atoms with van der Waals surface area (Å²) >= 11 is 0. The third-order valence-corrected chi connectivity index (χ3v) is 10.1. The molecule has 6 heteroatoms. The van der Waals surface area contributed by atoms with Crippen molar-refractivity contribution in [1.29, 1.82) is 0 Å². The van der Waals surface area contributed by atoms with E-state index in [1.165, 1.54) is 18.4 Å². The molecule has 0 bridgehead atoms. The van der Waals surface area contributed by atoms with E-state index in [9.17, 15) is 9.90 Å². The molecule has 0 spiro atoms. The van der Waals surface area contributed by atoms with Gasteiger partial charge < -0.3 is 9.84 Å².